The fourth-order valence-corrected chi connectivity index (χ4v) is 1.52. The van der Waals surface area contributed by atoms with E-state index in [-0.39, 0.29) is 5.56 Å². The van der Waals surface area contributed by atoms with Crippen molar-refractivity contribution in [2.75, 3.05) is 24.2 Å². The molecule has 18 heavy (non-hydrogen) atoms. The van der Waals surface area contributed by atoms with Crippen LogP contribution >= 0.6 is 0 Å². The predicted molar refractivity (Wildman–Crippen MR) is 69.8 cm³/mol. The van der Waals surface area contributed by atoms with Gasteiger partial charge in [0, 0.05) is 13.2 Å². The minimum Gasteiger partial charge on any atom is -0.478 e. The highest BCUT2D eigenvalue weighted by Gasteiger charge is 2.19. The number of rotatable bonds is 6. The van der Waals surface area contributed by atoms with Gasteiger partial charge in [-0.3, -0.25) is 0 Å². The number of anilines is 2. The number of carboxylic acids is 1. The Kier molecular flexibility index (Phi) is 4.49. The van der Waals surface area contributed by atoms with Gasteiger partial charge in [0.25, 0.3) is 0 Å². The van der Waals surface area contributed by atoms with Gasteiger partial charge in [0.15, 0.2) is 0 Å². The highest BCUT2D eigenvalue weighted by atomic mass is 16.5. The van der Waals surface area contributed by atoms with E-state index in [1.807, 2.05) is 20.8 Å². The summed E-state index contributed by atoms with van der Waals surface area (Å²) in [5.74, 6) is -0.768. The van der Waals surface area contributed by atoms with E-state index in [0.29, 0.717) is 24.7 Å². The number of pyridine rings is 1. The van der Waals surface area contributed by atoms with Crippen molar-refractivity contribution in [1.82, 2.24) is 4.98 Å². The Bertz CT molecular complexity index is 433. The SMILES string of the molecule is CCOC(C)(C)CNc1ncc(N)cc1C(=O)O. The molecule has 6 nitrogen and oxygen atoms in total. The zero-order valence-corrected chi connectivity index (χ0v) is 10.9. The lowest BCUT2D eigenvalue weighted by Gasteiger charge is -2.25. The summed E-state index contributed by atoms with van der Waals surface area (Å²) < 4.78 is 5.51. The number of hydrogen-bond donors (Lipinski definition) is 3. The molecule has 0 aliphatic carbocycles. The van der Waals surface area contributed by atoms with Crippen molar-refractivity contribution in [3.05, 3.63) is 17.8 Å². The minimum atomic E-state index is -1.06. The number of ether oxygens (including phenoxy) is 1. The van der Waals surface area contributed by atoms with E-state index in [1.165, 1.54) is 12.3 Å². The molecular formula is C12H19N3O3. The average molecular weight is 253 g/mol. The first kappa shape index (κ1) is 14.2. The second-order valence-electron chi connectivity index (χ2n) is 4.52. The van der Waals surface area contributed by atoms with Crippen LogP contribution in [0, 0.1) is 0 Å². The van der Waals surface area contributed by atoms with Gasteiger partial charge in [-0.2, -0.15) is 0 Å². The van der Waals surface area contributed by atoms with E-state index >= 15 is 0 Å². The lowest BCUT2D eigenvalue weighted by molar-refractivity contribution is 0.000602. The molecule has 0 bridgehead atoms. The smallest absolute Gasteiger partial charge is 0.339 e. The van der Waals surface area contributed by atoms with Crippen LogP contribution < -0.4 is 11.1 Å². The van der Waals surface area contributed by atoms with Gasteiger partial charge in [-0.15, -0.1) is 0 Å². The molecule has 0 aliphatic heterocycles. The van der Waals surface area contributed by atoms with Gasteiger partial charge in [0.1, 0.15) is 11.4 Å². The van der Waals surface area contributed by atoms with Crippen LogP contribution in [0.5, 0.6) is 0 Å². The fourth-order valence-electron chi connectivity index (χ4n) is 1.52. The zero-order valence-electron chi connectivity index (χ0n) is 10.9. The molecule has 0 unspecified atom stereocenters. The van der Waals surface area contributed by atoms with Gasteiger partial charge in [0.2, 0.25) is 0 Å². The highest BCUT2D eigenvalue weighted by Crippen LogP contribution is 2.17. The predicted octanol–water partition coefficient (Wildman–Crippen LogP) is 1.59. The van der Waals surface area contributed by atoms with Crippen LogP contribution in [-0.2, 0) is 4.74 Å². The number of carbonyl (C=O) groups is 1. The zero-order chi connectivity index (χ0) is 13.8. The van der Waals surface area contributed by atoms with Crippen molar-refractivity contribution in [3.8, 4) is 0 Å². The molecule has 0 spiro atoms. The molecule has 1 aromatic heterocycles. The first-order chi connectivity index (χ1) is 8.35. The molecule has 0 saturated carbocycles. The first-order valence-corrected chi connectivity index (χ1v) is 5.72. The van der Waals surface area contributed by atoms with Gasteiger partial charge in [0.05, 0.1) is 17.5 Å². The van der Waals surface area contributed by atoms with E-state index in [4.69, 9.17) is 15.6 Å². The molecule has 0 amide bonds. The second-order valence-corrected chi connectivity index (χ2v) is 4.52. The molecule has 1 aromatic rings. The van der Waals surface area contributed by atoms with Crippen molar-refractivity contribution in [3.63, 3.8) is 0 Å². The van der Waals surface area contributed by atoms with Gasteiger partial charge in [-0.05, 0) is 26.8 Å². The Hall–Kier alpha value is -1.82. The number of hydrogen-bond acceptors (Lipinski definition) is 5. The molecule has 6 heteroatoms. The van der Waals surface area contributed by atoms with E-state index in [1.54, 1.807) is 0 Å². The van der Waals surface area contributed by atoms with Crippen LogP contribution in [-0.4, -0.2) is 34.8 Å². The first-order valence-electron chi connectivity index (χ1n) is 5.72. The van der Waals surface area contributed by atoms with Gasteiger partial charge >= 0.3 is 5.97 Å². The quantitative estimate of drug-likeness (QED) is 0.712. The lowest BCUT2D eigenvalue weighted by Crippen LogP contribution is -2.34. The van der Waals surface area contributed by atoms with E-state index < -0.39 is 11.6 Å². The molecule has 0 atom stereocenters. The van der Waals surface area contributed by atoms with Gasteiger partial charge in [-0.25, -0.2) is 9.78 Å². The average Bonchev–Trinajstić information content (AvgIpc) is 2.27. The van der Waals surface area contributed by atoms with Crippen LogP contribution in [0.15, 0.2) is 12.3 Å². The van der Waals surface area contributed by atoms with Crippen LogP contribution in [0.4, 0.5) is 11.5 Å². The Labute approximate surface area is 106 Å². The van der Waals surface area contributed by atoms with Gasteiger partial charge < -0.3 is 20.9 Å². The van der Waals surface area contributed by atoms with Crippen molar-refractivity contribution in [2.45, 2.75) is 26.4 Å². The molecule has 0 saturated heterocycles. The van der Waals surface area contributed by atoms with Crippen LogP contribution in [0.25, 0.3) is 0 Å². The number of aromatic carboxylic acids is 1. The standard InChI is InChI=1S/C12H19N3O3/c1-4-18-12(2,3)7-15-10-9(11(16)17)5-8(13)6-14-10/h5-6H,4,7,13H2,1-3H3,(H,14,15)(H,16,17). The molecular weight excluding hydrogens is 234 g/mol. The third-order valence-corrected chi connectivity index (χ3v) is 2.36. The largest absolute Gasteiger partial charge is 0.478 e. The van der Waals surface area contributed by atoms with E-state index in [0.717, 1.165) is 0 Å². The number of nitrogens with one attached hydrogen (secondary N) is 1. The number of nitrogen functional groups attached to an aromatic ring is 1. The third kappa shape index (κ3) is 3.89. The fraction of sp³-hybridized carbons (Fsp3) is 0.500. The molecule has 1 heterocycles. The van der Waals surface area contributed by atoms with Crippen LogP contribution in [0.3, 0.4) is 0 Å². The summed E-state index contributed by atoms with van der Waals surface area (Å²) in [6.07, 6.45) is 1.42. The Balaban J connectivity index is 2.82. The minimum absolute atomic E-state index is 0.0577. The number of aromatic nitrogens is 1. The maximum atomic E-state index is 11.1. The van der Waals surface area contributed by atoms with E-state index in [2.05, 4.69) is 10.3 Å². The summed E-state index contributed by atoms with van der Waals surface area (Å²) >= 11 is 0. The molecule has 1 rings (SSSR count). The van der Waals surface area contributed by atoms with Crippen molar-refractivity contribution in [1.29, 1.82) is 0 Å². The summed E-state index contributed by atoms with van der Waals surface area (Å²) in [6.45, 7) is 6.79. The second kappa shape index (κ2) is 5.68. The maximum absolute atomic E-state index is 11.1. The Morgan fingerprint density at radius 1 is 1.61 bits per heavy atom. The van der Waals surface area contributed by atoms with Crippen molar-refractivity contribution < 1.29 is 14.6 Å². The third-order valence-electron chi connectivity index (χ3n) is 2.36. The van der Waals surface area contributed by atoms with Crippen LogP contribution in [0.2, 0.25) is 0 Å². The Morgan fingerprint density at radius 3 is 2.83 bits per heavy atom. The molecule has 4 N–H and O–H groups in total. The van der Waals surface area contributed by atoms with Crippen LogP contribution in [0.1, 0.15) is 31.1 Å². The summed E-state index contributed by atoms with van der Waals surface area (Å²) in [5, 5.41) is 12.0. The highest BCUT2D eigenvalue weighted by molar-refractivity contribution is 5.94. The lowest BCUT2D eigenvalue weighted by atomic mass is 10.1. The summed E-state index contributed by atoms with van der Waals surface area (Å²) in [7, 11) is 0. The molecule has 0 aliphatic rings. The number of nitrogens with zero attached hydrogens (tertiary/aromatic N) is 1. The summed E-state index contributed by atoms with van der Waals surface area (Å²) in [6, 6.07) is 1.38. The van der Waals surface area contributed by atoms with Crippen molar-refractivity contribution in [2.24, 2.45) is 0 Å². The normalized spacial score (nSPS) is 11.3. The summed E-state index contributed by atoms with van der Waals surface area (Å²) in [5.41, 5.74) is 5.50. The monoisotopic (exact) mass is 253 g/mol. The van der Waals surface area contributed by atoms with Crippen molar-refractivity contribution >= 4 is 17.5 Å². The molecule has 0 radical (unpaired) electrons. The summed E-state index contributed by atoms with van der Waals surface area (Å²) in [4.78, 5) is 15.0. The Morgan fingerprint density at radius 2 is 2.28 bits per heavy atom. The molecule has 0 fully saturated rings. The van der Waals surface area contributed by atoms with Gasteiger partial charge in [-0.1, -0.05) is 0 Å². The number of nitrogens with two attached hydrogens (primary N) is 1. The molecule has 0 aromatic carbocycles. The topological polar surface area (TPSA) is 97.5 Å². The number of carboxylic acid groups (broad SMARTS) is 1. The molecule has 100 valence electrons. The van der Waals surface area contributed by atoms with E-state index in [9.17, 15) is 4.79 Å². The maximum Gasteiger partial charge on any atom is 0.339 e.